The molecular weight excluding hydrogens is 228 g/mol. The Balaban J connectivity index is 1.69. The molecule has 1 aliphatic heterocycles. The summed E-state index contributed by atoms with van der Waals surface area (Å²) >= 11 is 0. The Kier molecular flexibility index (Phi) is 3.04. The van der Waals surface area contributed by atoms with E-state index in [2.05, 4.69) is 5.32 Å². The van der Waals surface area contributed by atoms with E-state index in [-0.39, 0.29) is 18.4 Å². The van der Waals surface area contributed by atoms with Gasteiger partial charge in [-0.05, 0) is 25.2 Å². The van der Waals surface area contributed by atoms with Crippen molar-refractivity contribution in [3.8, 4) is 0 Å². The third-order valence-corrected chi connectivity index (χ3v) is 4.62. The number of amides is 2. The van der Waals surface area contributed by atoms with Crippen molar-refractivity contribution in [2.75, 3.05) is 13.1 Å². The highest BCUT2D eigenvalue weighted by Gasteiger charge is 2.46. The van der Waals surface area contributed by atoms with Crippen molar-refractivity contribution in [3.63, 3.8) is 0 Å². The van der Waals surface area contributed by atoms with Crippen LogP contribution in [0.1, 0.15) is 51.4 Å². The van der Waals surface area contributed by atoms with Crippen LogP contribution in [0.3, 0.4) is 0 Å². The Morgan fingerprint density at radius 3 is 2.56 bits per heavy atom. The molecular formula is C14H22N2O2. The third kappa shape index (κ3) is 2.25. The van der Waals surface area contributed by atoms with Gasteiger partial charge in [0.25, 0.3) is 0 Å². The number of nitrogens with zero attached hydrogens (tertiary/aromatic N) is 1. The zero-order chi connectivity index (χ0) is 12.6. The number of piperazine rings is 1. The molecule has 2 aliphatic carbocycles. The molecule has 3 fully saturated rings. The quantitative estimate of drug-likeness (QED) is 0.824. The van der Waals surface area contributed by atoms with Crippen LogP contribution in [0.15, 0.2) is 0 Å². The number of rotatable bonds is 3. The number of hydrogen-bond donors (Lipinski definition) is 1. The smallest absolute Gasteiger partial charge is 0.248 e. The Bertz CT molecular complexity index is 357. The first kappa shape index (κ1) is 12.0. The van der Waals surface area contributed by atoms with Gasteiger partial charge in [-0.1, -0.05) is 32.1 Å². The summed E-state index contributed by atoms with van der Waals surface area (Å²) in [4.78, 5) is 26.2. The van der Waals surface area contributed by atoms with E-state index < -0.39 is 5.54 Å². The van der Waals surface area contributed by atoms with Gasteiger partial charge in [0, 0.05) is 6.54 Å². The first-order chi connectivity index (χ1) is 8.70. The lowest BCUT2D eigenvalue weighted by atomic mass is 9.79. The largest absolute Gasteiger partial charge is 0.340 e. The standard InChI is InChI=1S/C14H22N2O2/c17-12-10-16(9-6-11-4-5-11)13(18)14(15-12)7-2-1-3-8-14/h11H,1-10H2,(H,15,17). The van der Waals surface area contributed by atoms with Gasteiger partial charge in [0.1, 0.15) is 5.54 Å². The van der Waals surface area contributed by atoms with Crippen LogP contribution in [-0.4, -0.2) is 35.3 Å². The summed E-state index contributed by atoms with van der Waals surface area (Å²) in [7, 11) is 0. The van der Waals surface area contributed by atoms with E-state index in [4.69, 9.17) is 0 Å². The molecule has 2 amide bonds. The average Bonchev–Trinajstić information content (AvgIpc) is 3.17. The lowest BCUT2D eigenvalue weighted by molar-refractivity contribution is -0.151. The first-order valence-corrected chi connectivity index (χ1v) is 7.30. The number of hydrogen-bond acceptors (Lipinski definition) is 2. The zero-order valence-electron chi connectivity index (χ0n) is 10.9. The first-order valence-electron chi connectivity index (χ1n) is 7.30. The Hall–Kier alpha value is -1.06. The van der Waals surface area contributed by atoms with Crippen molar-refractivity contribution < 1.29 is 9.59 Å². The number of carbonyl (C=O) groups is 2. The molecule has 100 valence electrons. The second-order valence-corrected chi connectivity index (χ2v) is 6.15. The molecule has 4 heteroatoms. The summed E-state index contributed by atoms with van der Waals surface area (Å²) in [6.07, 6.45) is 8.65. The summed E-state index contributed by atoms with van der Waals surface area (Å²) < 4.78 is 0. The highest BCUT2D eigenvalue weighted by molar-refractivity contribution is 5.98. The van der Waals surface area contributed by atoms with Gasteiger partial charge in [-0.2, -0.15) is 0 Å². The lowest BCUT2D eigenvalue weighted by Crippen LogP contribution is -2.67. The fourth-order valence-electron chi connectivity index (χ4n) is 3.33. The molecule has 0 aromatic carbocycles. The molecule has 1 heterocycles. The third-order valence-electron chi connectivity index (χ3n) is 4.62. The highest BCUT2D eigenvalue weighted by Crippen LogP contribution is 2.35. The van der Waals surface area contributed by atoms with Crippen LogP contribution in [0.4, 0.5) is 0 Å². The maximum atomic E-state index is 12.6. The van der Waals surface area contributed by atoms with Crippen LogP contribution >= 0.6 is 0 Å². The molecule has 0 aromatic heterocycles. The average molecular weight is 250 g/mol. The predicted octanol–water partition coefficient (Wildman–Crippen LogP) is 1.45. The monoisotopic (exact) mass is 250 g/mol. The van der Waals surface area contributed by atoms with Crippen molar-refractivity contribution >= 4 is 11.8 Å². The zero-order valence-corrected chi connectivity index (χ0v) is 10.9. The lowest BCUT2D eigenvalue weighted by Gasteiger charge is -2.44. The van der Waals surface area contributed by atoms with E-state index in [1.165, 1.54) is 19.3 Å². The van der Waals surface area contributed by atoms with E-state index in [9.17, 15) is 9.59 Å². The van der Waals surface area contributed by atoms with Crippen molar-refractivity contribution in [1.29, 1.82) is 0 Å². The SMILES string of the molecule is O=C1CN(CCC2CC2)C(=O)C2(CCCCC2)N1. The Morgan fingerprint density at radius 2 is 1.89 bits per heavy atom. The minimum absolute atomic E-state index is 0.0345. The molecule has 18 heavy (non-hydrogen) atoms. The van der Waals surface area contributed by atoms with Crippen molar-refractivity contribution in [1.82, 2.24) is 10.2 Å². The van der Waals surface area contributed by atoms with Crippen molar-refractivity contribution in [2.24, 2.45) is 5.92 Å². The van der Waals surface area contributed by atoms with Gasteiger partial charge >= 0.3 is 0 Å². The minimum Gasteiger partial charge on any atom is -0.340 e. The van der Waals surface area contributed by atoms with Crippen molar-refractivity contribution in [2.45, 2.75) is 56.9 Å². The Morgan fingerprint density at radius 1 is 1.17 bits per heavy atom. The molecule has 1 N–H and O–H groups in total. The second-order valence-electron chi connectivity index (χ2n) is 6.15. The maximum Gasteiger partial charge on any atom is 0.248 e. The van der Waals surface area contributed by atoms with Gasteiger partial charge in [0.05, 0.1) is 6.54 Å². The molecule has 0 radical (unpaired) electrons. The van der Waals surface area contributed by atoms with Crippen LogP contribution in [0.2, 0.25) is 0 Å². The van der Waals surface area contributed by atoms with Gasteiger partial charge in [-0.15, -0.1) is 0 Å². The van der Waals surface area contributed by atoms with E-state index >= 15 is 0 Å². The van der Waals surface area contributed by atoms with Gasteiger partial charge in [0.15, 0.2) is 0 Å². The van der Waals surface area contributed by atoms with Crippen LogP contribution in [0.25, 0.3) is 0 Å². The maximum absolute atomic E-state index is 12.6. The molecule has 0 unspecified atom stereocenters. The molecule has 2 saturated carbocycles. The van der Waals surface area contributed by atoms with Gasteiger partial charge in [-0.3, -0.25) is 9.59 Å². The predicted molar refractivity (Wildman–Crippen MR) is 67.9 cm³/mol. The van der Waals surface area contributed by atoms with Crippen LogP contribution in [-0.2, 0) is 9.59 Å². The molecule has 0 aromatic rings. The van der Waals surface area contributed by atoms with Gasteiger partial charge in [0.2, 0.25) is 11.8 Å². The van der Waals surface area contributed by atoms with Crippen LogP contribution in [0, 0.1) is 5.92 Å². The molecule has 3 aliphatic rings. The second kappa shape index (κ2) is 4.56. The normalized spacial score (nSPS) is 27.4. The summed E-state index contributed by atoms with van der Waals surface area (Å²) in [5, 5.41) is 2.98. The van der Waals surface area contributed by atoms with Gasteiger partial charge < -0.3 is 10.2 Å². The molecule has 1 saturated heterocycles. The fraction of sp³-hybridized carbons (Fsp3) is 0.857. The summed E-state index contributed by atoms with van der Waals surface area (Å²) in [6, 6.07) is 0. The molecule has 0 bridgehead atoms. The van der Waals surface area contributed by atoms with E-state index in [1.54, 1.807) is 0 Å². The highest BCUT2D eigenvalue weighted by atomic mass is 16.2. The van der Waals surface area contributed by atoms with Gasteiger partial charge in [-0.25, -0.2) is 0 Å². The van der Waals surface area contributed by atoms with Crippen LogP contribution < -0.4 is 5.32 Å². The van der Waals surface area contributed by atoms with Crippen molar-refractivity contribution in [3.05, 3.63) is 0 Å². The van der Waals surface area contributed by atoms with E-state index in [1.807, 2.05) is 4.90 Å². The van der Waals surface area contributed by atoms with E-state index in [0.717, 1.165) is 44.6 Å². The summed E-state index contributed by atoms with van der Waals surface area (Å²) in [5.41, 5.74) is -0.545. The van der Waals surface area contributed by atoms with E-state index in [0.29, 0.717) is 0 Å². The minimum atomic E-state index is -0.545. The summed E-state index contributed by atoms with van der Waals surface area (Å²) in [6.45, 7) is 1.05. The molecule has 0 atom stereocenters. The summed E-state index contributed by atoms with van der Waals surface area (Å²) in [5.74, 6) is 1.03. The number of nitrogens with one attached hydrogen (secondary N) is 1. The molecule has 1 spiro atoms. The fourth-order valence-corrected chi connectivity index (χ4v) is 3.33. The van der Waals surface area contributed by atoms with Crippen LogP contribution in [0.5, 0.6) is 0 Å². The molecule has 3 rings (SSSR count). The number of carbonyl (C=O) groups excluding carboxylic acids is 2. The topological polar surface area (TPSA) is 49.4 Å². The molecule has 4 nitrogen and oxygen atoms in total. The Labute approximate surface area is 108 Å².